The molecule has 0 atom stereocenters. The van der Waals surface area contributed by atoms with Crippen LogP contribution in [0.25, 0.3) is 0 Å². The molecule has 0 aromatic carbocycles. The Hall–Kier alpha value is -0.410. The average Bonchev–Trinajstić information content (AvgIpc) is 2.02. The van der Waals surface area contributed by atoms with Gasteiger partial charge in [0.05, 0.1) is 0 Å². The number of methoxy groups -OCH3 is 1. The first-order valence-electron chi connectivity index (χ1n) is 4.33. The molecule has 0 aliphatic rings. The van der Waals surface area contributed by atoms with E-state index in [-0.39, 0.29) is 12.4 Å². The minimum absolute atomic E-state index is 0.0897. The van der Waals surface area contributed by atoms with Gasteiger partial charge in [-0.15, -0.1) is 0 Å². The van der Waals surface area contributed by atoms with E-state index < -0.39 is 0 Å². The summed E-state index contributed by atoms with van der Waals surface area (Å²) in [4.78, 5) is 10.4. The first-order valence-corrected chi connectivity index (χ1v) is 4.33. The molecule has 3 heteroatoms. The predicted molar refractivity (Wildman–Crippen MR) is 47.2 cm³/mol. The number of Topliss-reactive ketones (excluding diaryl/α,β-unsaturated/α-hetero) is 1. The second-order valence-corrected chi connectivity index (χ2v) is 2.81. The molecule has 12 heavy (non-hydrogen) atoms. The lowest BCUT2D eigenvalue weighted by atomic mass is 10.2. The first kappa shape index (κ1) is 11.6. The van der Waals surface area contributed by atoms with Gasteiger partial charge < -0.3 is 9.47 Å². The summed E-state index contributed by atoms with van der Waals surface area (Å²) in [5.41, 5.74) is 0. The smallest absolute Gasteiger partial charge is 0.155 e. The van der Waals surface area contributed by atoms with Gasteiger partial charge in [0, 0.05) is 20.3 Å². The van der Waals surface area contributed by atoms with E-state index in [2.05, 4.69) is 0 Å². The van der Waals surface area contributed by atoms with Crippen LogP contribution in [0.4, 0.5) is 0 Å². The molecule has 0 amide bonds. The fraction of sp³-hybridized carbons (Fsp3) is 0.889. The molecule has 0 N–H and O–H groups in total. The Morgan fingerprint density at radius 2 is 1.83 bits per heavy atom. The minimum Gasteiger partial charge on any atom is -0.385 e. The van der Waals surface area contributed by atoms with Crippen molar-refractivity contribution in [3.8, 4) is 0 Å². The Morgan fingerprint density at radius 1 is 1.17 bits per heavy atom. The molecule has 0 saturated carbocycles. The van der Waals surface area contributed by atoms with Crippen LogP contribution in [0.3, 0.4) is 0 Å². The lowest BCUT2D eigenvalue weighted by Crippen LogP contribution is -2.05. The van der Waals surface area contributed by atoms with E-state index >= 15 is 0 Å². The third kappa shape index (κ3) is 9.59. The van der Waals surface area contributed by atoms with Gasteiger partial charge in [0.25, 0.3) is 0 Å². The predicted octanol–water partition coefficient (Wildman–Crippen LogP) is 1.41. The van der Waals surface area contributed by atoms with Crippen molar-refractivity contribution in [1.82, 2.24) is 0 Å². The maximum Gasteiger partial charge on any atom is 0.155 e. The number of hydrogen-bond acceptors (Lipinski definition) is 3. The Kier molecular flexibility index (Phi) is 8.39. The van der Waals surface area contributed by atoms with Gasteiger partial charge in [-0.1, -0.05) is 0 Å². The van der Waals surface area contributed by atoms with E-state index in [9.17, 15) is 4.79 Å². The molecule has 0 aromatic heterocycles. The zero-order valence-corrected chi connectivity index (χ0v) is 7.97. The van der Waals surface area contributed by atoms with Crippen LogP contribution in [0.5, 0.6) is 0 Å². The van der Waals surface area contributed by atoms with E-state index in [1.54, 1.807) is 7.11 Å². The number of carbonyl (C=O) groups excluding carboxylic acids is 1. The fourth-order valence-corrected chi connectivity index (χ4v) is 0.843. The van der Waals surface area contributed by atoms with Crippen molar-refractivity contribution in [2.24, 2.45) is 0 Å². The number of ether oxygens (including phenoxy) is 2. The van der Waals surface area contributed by atoms with Crippen LogP contribution < -0.4 is 0 Å². The largest absolute Gasteiger partial charge is 0.385 e. The summed E-state index contributed by atoms with van der Waals surface area (Å²) >= 11 is 0. The number of hydrogen-bond donors (Lipinski definition) is 0. The van der Waals surface area contributed by atoms with Crippen LogP contribution >= 0.6 is 0 Å². The summed E-state index contributed by atoms with van der Waals surface area (Å²) in [6, 6.07) is 0. The molecule has 0 rings (SSSR count). The van der Waals surface area contributed by atoms with Crippen molar-refractivity contribution in [3.05, 3.63) is 0 Å². The van der Waals surface area contributed by atoms with Gasteiger partial charge in [0.1, 0.15) is 6.61 Å². The third-order valence-electron chi connectivity index (χ3n) is 1.44. The van der Waals surface area contributed by atoms with Crippen LogP contribution in [0.2, 0.25) is 0 Å². The van der Waals surface area contributed by atoms with Crippen molar-refractivity contribution in [2.45, 2.75) is 26.2 Å². The summed E-state index contributed by atoms with van der Waals surface area (Å²) in [6.45, 7) is 3.28. The molecular formula is C9H18O3. The quantitative estimate of drug-likeness (QED) is 0.522. The van der Waals surface area contributed by atoms with Gasteiger partial charge in [0.2, 0.25) is 0 Å². The number of ketones is 1. The van der Waals surface area contributed by atoms with Crippen LogP contribution in [0.15, 0.2) is 0 Å². The Bertz CT molecular complexity index is 112. The van der Waals surface area contributed by atoms with Crippen LogP contribution in [-0.2, 0) is 14.3 Å². The molecule has 72 valence electrons. The van der Waals surface area contributed by atoms with Gasteiger partial charge in [-0.2, -0.15) is 0 Å². The second-order valence-electron chi connectivity index (χ2n) is 2.81. The van der Waals surface area contributed by atoms with Crippen molar-refractivity contribution in [1.29, 1.82) is 0 Å². The number of unbranched alkanes of at least 4 members (excludes halogenated alkanes) is 2. The second kappa shape index (κ2) is 8.68. The van der Waals surface area contributed by atoms with E-state index in [4.69, 9.17) is 9.47 Å². The van der Waals surface area contributed by atoms with Crippen LogP contribution in [-0.4, -0.2) is 32.7 Å². The van der Waals surface area contributed by atoms with E-state index in [1.165, 1.54) is 6.92 Å². The van der Waals surface area contributed by atoms with Crippen molar-refractivity contribution in [2.75, 3.05) is 26.9 Å². The summed E-state index contributed by atoms with van der Waals surface area (Å²) in [5.74, 6) is 0.0897. The molecule has 0 aliphatic heterocycles. The monoisotopic (exact) mass is 174 g/mol. The Balaban J connectivity index is 2.86. The standard InChI is InChI=1S/C9H18O3/c1-9(10)8-12-7-5-3-4-6-11-2/h3-8H2,1-2H3. The van der Waals surface area contributed by atoms with Gasteiger partial charge in [-0.25, -0.2) is 0 Å². The Morgan fingerprint density at radius 3 is 2.42 bits per heavy atom. The molecule has 0 aliphatic carbocycles. The van der Waals surface area contributed by atoms with Crippen molar-refractivity contribution >= 4 is 5.78 Å². The normalized spacial score (nSPS) is 10.2. The lowest BCUT2D eigenvalue weighted by Gasteiger charge is -2.01. The van der Waals surface area contributed by atoms with E-state index in [0.29, 0.717) is 6.61 Å². The number of carbonyl (C=O) groups is 1. The molecule has 0 saturated heterocycles. The van der Waals surface area contributed by atoms with Gasteiger partial charge in [0.15, 0.2) is 5.78 Å². The molecule has 0 heterocycles. The molecular weight excluding hydrogens is 156 g/mol. The highest BCUT2D eigenvalue weighted by Crippen LogP contribution is 1.95. The van der Waals surface area contributed by atoms with Crippen LogP contribution in [0.1, 0.15) is 26.2 Å². The maximum atomic E-state index is 10.4. The highest BCUT2D eigenvalue weighted by atomic mass is 16.5. The average molecular weight is 174 g/mol. The number of rotatable bonds is 8. The van der Waals surface area contributed by atoms with Gasteiger partial charge >= 0.3 is 0 Å². The summed E-state index contributed by atoms with van der Waals surface area (Å²) in [7, 11) is 1.70. The maximum absolute atomic E-state index is 10.4. The molecule has 0 radical (unpaired) electrons. The SMILES string of the molecule is COCCCCCOCC(C)=O. The highest BCUT2D eigenvalue weighted by Gasteiger charge is 1.92. The molecule has 3 nitrogen and oxygen atoms in total. The molecule has 0 aromatic rings. The highest BCUT2D eigenvalue weighted by molar-refractivity contribution is 5.76. The summed E-state index contributed by atoms with van der Waals surface area (Å²) < 4.78 is 9.98. The van der Waals surface area contributed by atoms with Crippen molar-refractivity contribution in [3.63, 3.8) is 0 Å². The molecule has 0 unspecified atom stereocenters. The zero-order valence-electron chi connectivity index (χ0n) is 7.97. The lowest BCUT2D eigenvalue weighted by molar-refractivity contribution is -0.121. The van der Waals surface area contributed by atoms with Crippen molar-refractivity contribution < 1.29 is 14.3 Å². The zero-order chi connectivity index (χ0) is 9.23. The fourth-order valence-electron chi connectivity index (χ4n) is 0.843. The van der Waals surface area contributed by atoms with Gasteiger partial charge in [-0.05, 0) is 26.2 Å². The molecule has 0 bridgehead atoms. The third-order valence-corrected chi connectivity index (χ3v) is 1.44. The van der Waals surface area contributed by atoms with E-state index in [1.807, 2.05) is 0 Å². The molecule has 0 spiro atoms. The molecule has 0 fully saturated rings. The topological polar surface area (TPSA) is 35.5 Å². The van der Waals surface area contributed by atoms with Crippen LogP contribution in [0, 0.1) is 0 Å². The summed E-state index contributed by atoms with van der Waals surface area (Å²) in [5, 5.41) is 0. The first-order chi connectivity index (χ1) is 5.77. The summed E-state index contributed by atoms with van der Waals surface area (Å²) in [6.07, 6.45) is 3.18. The Labute approximate surface area is 74.0 Å². The van der Waals surface area contributed by atoms with Gasteiger partial charge in [-0.3, -0.25) is 4.79 Å². The van der Waals surface area contributed by atoms with E-state index in [0.717, 1.165) is 25.9 Å². The minimum atomic E-state index is 0.0897.